The molecule has 2 aromatic rings. The van der Waals surface area contributed by atoms with Gasteiger partial charge in [0, 0.05) is 10.5 Å². The van der Waals surface area contributed by atoms with E-state index in [0.717, 1.165) is 20.1 Å². The molecule has 0 saturated heterocycles. The van der Waals surface area contributed by atoms with E-state index in [2.05, 4.69) is 36.6 Å². The van der Waals surface area contributed by atoms with Crippen LogP contribution in [0.3, 0.4) is 0 Å². The summed E-state index contributed by atoms with van der Waals surface area (Å²) in [6, 6.07) is 11.5. The second-order valence-electron chi connectivity index (χ2n) is 4.81. The largest absolute Gasteiger partial charge is 0.493 e. The van der Waals surface area contributed by atoms with Crippen LogP contribution in [0.4, 0.5) is 0 Å². The highest BCUT2D eigenvalue weighted by Crippen LogP contribution is 2.37. The fourth-order valence-corrected chi connectivity index (χ4v) is 3.01. The minimum Gasteiger partial charge on any atom is -0.493 e. The van der Waals surface area contributed by atoms with Gasteiger partial charge in [0.25, 0.3) is 0 Å². The Morgan fingerprint density at radius 3 is 2.62 bits per heavy atom. The fourth-order valence-electron chi connectivity index (χ4n) is 1.99. The van der Waals surface area contributed by atoms with Gasteiger partial charge in [-0.1, -0.05) is 28.1 Å². The number of esters is 1. The molecule has 4 nitrogen and oxygen atoms in total. The monoisotopic (exact) mass is 454 g/mol. The average molecular weight is 456 g/mol. The number of rotatable bonds is 6. The molecule has 24 heavy (non-hydrogen) atoms. The third-order valence-electron chi connectivity index (χ3n) is 3.14. The lowest BCUT2D eigenvalue weighted by Gasteiger charge is -2.14. The Labute approximate surface area is 157 Å². The highest BCUT2D eigenvalue weighted by molar-refractivity contribution is 9.10. The minimum atomic E-state index is -0.417. The van der Waals surface area contributed by atoms with Gasteiger partial charge >= 0.3 is 5.97 Å². The molecular weight excluding hydrogens is 440 g/mol. The van der Waals surface area contributed by atoms with E-state index in [0.29, 0.717) is 18.1 Å². The first-order chi connectivity index (χ1) is 11.5. The molecule has 0 unspecified atom stereocenters. The van der Waals surface area contributed by atoms with Crippen molar-refractivity contribution < 1.29 is 19.0 Å². The van der Waals surface area contributed by atoms with Crippen molar-refractivity contribution in [1.82, 2.24) is 0 Å². The van der Waals surface area contributed by atoms with Crippen LogP contribution in [0.15, 0.2) is 51.4 Å². The molecule has 2 rings (SSSR count). The highest BCUT2D eigenvalue weighted by atomic mass is 79.9. The van der Waals surface area contributed by atoms with E-state index in [-0.39, 0.29) is 0 Å². The van der Waals surface area contributed by atoms with Crippen molar-refractivity contribution in [2.75, 3.05) is 14.2 Å². The summed E-state index contributed by atoms with van der Waals surface area (Å²) in [6.07, 6.45) is 3.00. The van der Waals surface area contributed by atoms with Gasteiger partial charge in [-0.05, 0) is 57.4 Å². The molecule has 0 saturated carbocycles. The SMILES string of the molecule is COC(=O)/C=C/c1cc(Br)c(OCc2cccc(Br)c2)c(OC)c1. The molecule has 0 spiro atoms. The Hall–Kier alpha value is -1.79. The Morgan fingerprint density at radius 2 is 1.96 bits per heavy atom. The molecule has 0 aliphatic carbocycles. The Bertz CT molecular complexity index is 757. The minimum absolute atomic E-state index is 0.408. The Balaban J connectivity index is 2.20. The van der Waals surface area contributed by atoms with Crippen LogP contribution in [-0.4, -0.2) is 20.2 Å². The lowest BCUT2D eigenvalue weighted by molar-refractivity contribution is -0.134. The number of methoxy groups -OCH3 is 2. The summed E-state index contributed by atoms with van der Waals surface area (Å²) in [6.45, 7) is 0.408. The summed E-state index contributed by atoms with van der Waals surface area (Å²) in [4.78, 5) is 11.2. The zero-order valence-electron chi connectivity index (χ0n) is 13.2. The van der Waals surface area contributed by atoms with E-state index in [1.165, 1.54) is 13.2 Å². The van der Waals surface area contributed by atoms with Gasteiger partial charge in [-0.15, -0.1) is 0 Å². The normalized spacial score (nSPS) is 10.7. The second kappa shape index (κ2) is 8.89. The molecule has 0 heterocycles. The van der Waals surface area contributed by atoms with E-state index in [1.54, 1.807) is 19.3 Å². The number of carbonyl (C=O) groups is 1. The first-order valence-electron chi connectivity index (χ1n) is 7.04. The van der Waals surface area contributed by atoms with Gasteiger partial charge in [0.15, 0.2) is 11.5 Å². The molecule has 2 aromatic carbocycles. The van der Waals surface area contributed by atoms with Crippen molar-refractivity contribution in [3.63, 3.8) is 0 Å². The summed E-state index contributed by atoms with van der Waals surface area (Å²) in [7, 11) is 2.91. The van der Waals surface area contributed by atoms with Crippen molar-refractivity contribution in [3.05, 3.63) is 62.5 Å². The van der Waals surface area contributed by atoms with Gasteiger partial charge in [0.2, 0.25) is 0 Å². The van der Waals surface area contributed by atoms with Gasteiger partial charge in [-0.25, -0.2) is 4.79 Å². The summed E-state index contributed by atoms with van der Waals surface area (Å²) >= 11 is 6.93. The Kier molecular flexibility index (Phi) is 6.87. The van der Waals surface area contributed by atoms with E-state index in [4.69, 9.17) is 9.47 Å². The van der Waals surface area contributed by atoms with E-state index in [9.17, 15) is 4.79 Å². The number of benzene rings is 2. The standard InChI is InChI=1S/C18H16Br2O4/c1-22-16-10-12(6-7-17(21)23-2)9-15(20)18(16)24-11-13-4-3-5-14(19)8-13/h3-10H,11H2,1-2H3/b7-6+. The van der Waals surface area contributed by atoms with Crippen molar-refractivity contribution in [3.8, 4) is 11.5 Å². The Morgan fingerprint density at radius 1 is 1.17 bits per heavy atom. The molecule has 0 amide bonds. The van der Waals surface area contributed by atoms with Crippen molar-refractivity contribution in [2.24, 2.45) is 0 Å². The maximum absolute atomic E-state index is 11.2. The molecule has 0 bridgehead atoms. The van der Waals surface area contributed by atoms with Crippen LogP contribution in [0, 0.1) is 0 Å². The quantitative estimate of drug-likeness (QED) is 0.454. The zero-order valence-corrected chi connectivity index (χ0v) is 16.4. The molecule has 0 fully saturated rings. The maximum atomic E-state index is 11.2. The third-order valence-corrected chi connectivity index (χ3v) is 4.22. The molecule has 126 valence electrons. The first kappa shape index (κ1) is 18.5. The third kappa shape index (κ3) is 5.11. The van der Waals surface area contributed by atoms with Gasteiger partial charge in [-0.3, -0.25) is 0 Å². The molecule has 0 aliphatic rings. The predicted molar refractivity (Wildman–Crippen MR) is 100 cm³/mol. The van der Waals surface area contributed by atoms with Gasteiger partial charge in [0.1, 0.15) is 6.61 Å². The molecule has 0 atom stereocenters. The van der Waals surface area contributed by atoms with Crippen LogP contribution >= 0.6 is 31.9 Å². The summed E-state index contributed by atoms with van der Waals surface area (Å²) in [5, 5.41) is 0. The number of halogens is 2. The van der Waals surface area contributed by atoms with Gasteiger partial charge < -0.3 is 14.2 Å². The molecule has 0 N–H and O–H groups in total. The van der Waals surface area contributed by atoms with Crippen molar-refractivity contribution >= 4 is 43.9 Å². The summed E-state index contributed by atoms with van der Waals surface area (Å²) in [5.74, 6) is 0.761. The van der Waals surface area contributed by atoms with Crippen LogP contribution in [-0.2, 0) is 16.1 Å². The number of carbonyl (C=O) groups excluding carboxylic acids is 1. The second-order valence-corrected chi connectivity index (χ2v) is 6.58. The average Bonchev–Trinajstić information content (AvgIpc) is 2.58. The predicted octanol–water partition coefficient (Wildman–Crippen LogP) is 4.99. The van der Waals surface area contributed by atoms with E-state index < -0.39 is 5.97 Å². The number of hydrogen-bond acceptors (Lipinski definition) is 4. The highest BCUT2D eigenvalue weighted by Gasteiger charge is 2.11. The lowest BCUT2D eigenvalue weighted by Crippen LogP contribution is -1.99. The molecule has 0 aromatic heterocycles. The molecule has 0 radical (unpaired) electrons. The molecular formula is C18H16Br2O4. The maximum Gasteiger partial charge on any atom is 0.330 e. The van der Waals surface area contributed by atoms with Crippen LogP contribution in [0.25, 0.3) is 6.08 Å². The number of ether oxygens (including phenoxy) is 3. The van der Waals surface area contributed by atoms with Crippen molar-refractivity contribution in [2.45, 2.75) is 6.61 Å². The van der Waals surface area contributed by atoms with Crippen LogP contribution in [0.1, 0.15) is 11.1 Å². The fraction of sp³-hybridized carbons (Fsp3) is 0.167. The molecule has 0 aliphatic heterocycles. The van der Waals surface area contributed by atoms with Crippen LogP contribution in [0.2, 0.25) is 0 Å². The van der Waals surface area contributed by atoms with E-state index in [1.807, 2.05) is 30.3 Å². The lowest BCUT2D eigenvalue weighted by atomic mass is 10.2. The summed E-state index contributed by atoms with van der Waals surface area (Å²) < 4.78 is 17.6. The van der Waals surface area contributed by atoms with Crippen LogP contribution < -0.4 is 9.47 Å². The summed E-state index contributed by atoms with van der Waals surface area (Å²) in [5.41, 5.74) is 1.83. The first-order valence-corrected chi connectivity index (χ1v) is 8.63. The van der Waals surface area contributed by atoms with Crippen molar-refractivity contribution in [1.29, 1.82) is 0 Å². The van der Waals surface area contributed by atoms with Gasteiger partial charge in [-0.2, -0.15) is 0 Å². The van der Waals surface area contributed by atoms with E-state index >= 15 is 0 Å². The topological polar surface area (TPSA) is 44.8 Å². The molecule has 6 heteroatoms. The zero-order chi connectivity index (χ0) is 17.5. The smallest absolute Gasteiger partial charge is 0.330 e. The number of hydrogen-bond donors (Lipinski definition) is 0. The van der Waals surface area contributed by atoms with Gasteiger partial charge in [0.05, 0.1) is 18.7 Å². The van der Waals surface area contributed by atoms with Crippen LogP contribution in [0.5, 0.6) is 11.5 Å².